The maximum absolute atomic E-state index is 12.8. The zero-order chi connectivity index (χ0) is 15.5. The standard InChI is InChI=1S/C17H23NO3S/c1-20-13-7-8-14(15(11-13)21-2)17-18(9-10-22-17)16(19)12-5-3-4-6-12/h7-8,11-12,17H,3-6,9-10H2,1-2H3. The molecule has 3 rings (SSSR count). The third-order valence-corrected chi connectivity index (χ3v) is 5.83. The van der Waals surface area contributed by atoms with Crippen molar-refractivity contribution in [1.82, 2.24) is 4.90 Å². The van der Waals surface area contributed by atoms with E-state index in [0.717, 1.165) is 42.2 Å². The van der Waals surface area contributed by atoms with Gasteiger partial charge in [-0.2, -0.15) is 0 Å². The Morgan fingerprint density at radius 1 is 1.23 bits per heavy atom. The highest BCUT2D eigenvalue weighted by Crippen LogP contribution is 2.44. The van der Waals surface area contributed by atoms with Crippen molar-refractivity contribution in [3.63, 3.8) is 0 Å². The quantitative estimate of drug-likeness (QED) is 0.851. The van der Waals surface area contributed by atoms with Crippen molar-refractivity contribution in [2.45, 2.75) is 31.1 Å². The van der Waals surface area contributed by atoms with E-state index >= 15 is 0 Å². The van der Waals surface area contributed by atoms with Gasteiger partial charge in [-0.1, -0.05) is 12.8 Å². The third kappa shape index (κ3) is 2.91. The van der Waals surface area contributed by atoms with Crippen LogP contribution in [0.2, 0.25) is 0 Å². The van der Waals surface area contributed by atoms with Crippen LogP contribution in [0.15, 0.2) is 18.2 Å². The van der Waals surface area contributed by atoms with Crippen molar-refractivity contribution in [3.8, 4) is 11.5 Å². The van der Waals surface area contributed by atoms with Gasteiger partial charge in [0.25, 0.3) is 0 Å². The van der Waals surface area contributed by atoms with Crippen LogP contribution in [-0.2, 0) is 4.79 Å². The van der Waals surface area contributed by atoms with E-state index in [1.807, 2.05) is 34.9 Å². The first kappa shape index (κ1) is 15.5. The van der Waals surface area contributed by atoms with E-state index in [4.69, 9.17) is 9.47 Å². The largest absolute Gasteiger partial charge is 0.497 e. The summed E-state index contributed by atoms with van der Waals surface area (Å²) in [7, 11) is 3.32. The second-order valence-electron chi connectivity index (χ2n) is 5.84. The maximum Gasteiger partial charge on any atom is 0.226 e. The highest BCUT2D eigenvalue weighted by molar-refractivity contribution is 7.99. The molecule has 0 spiro atoms. The Kier molecular flexibility index (Phi) is 4.81. The van der Waals surface area contributed by atoms with Gasteiger partial charge in [0.05, 0.1) is 14.2 Å². The van der Waals surface area contributed by atoms with Crippen molar-refractivity contribution in [3.05, 3.63) is 23.8 Å². The number of rotatable bonds is 4. The van der Waals surface area contributed by atoms with E-state index in [9.17, 15) is 4.79 Å². The van der Waals surface area contributed by atoms with Gasteiger partial charge in [-0.3, -0.25) is 4.79 Å². The molecule has 0 aromatic heterocycles. The molecule has 5 heteroatoms. The SMILES string of the molecule is COc1ccc(C2SCCN2C(=O)C2CCCC2)c(OC)c1. The molecule has 1 saturated carbocycles. The zero-order valence-electron chi connectivity index (χ0n) is 13.2. The number of amides is 1. The number of nitrogens with zero attached hydrogens (tertiary/aromatic N) is 1. The van der Waals surface area contributed by atoms with Gasteiger partial charge in [0, 0.05) is 29.8 Å². The molecule has 120 valence electrons. The normalized spacial score (nSPS) is 22.1. The van der Waals surface area contributed by atoms with Crippen molar-refractivity contribution in [1.29, 1.82) is 0 Å². The topological polar surface area (TPSA) is 38.8 Å². The Labute approximate surface area is 136 Å². The van der Waals surface area contributed by atoms with Crippen LogP contribution in [0.1, 0.15) is 36.6 Å². The molecule has 1 atom stereocenters. The van der Waals surface area contributed by atoms with Crippen LogP contribution in [0.5, 0.6) is 11.5 Å². The molecule has 0 N–H and O–H groups in total. The molecule has 22 heavy (non-hydrogen) atoms. The number of benzene rings is 1. The van der Waals surface area contributed by atoms with Crippen LogP contribution in [0, 0.1) is 5.92 Å². The minimum atomic E-state index is 0.0638. The van der Waals surface area contributed by atoms with Crippen LogP contribution in [-0.4, -0.2) is 37.3 Å². The number of hydrogen-bond acceptors (Lipinski definition) is 4. The molecular formula is C17H23NO3S. The van der Waals surface area contributed by atoms with Gasteiger partial charge in [-0.05, 0) is 25.0 Å². The fraction of sp³-hybridized carbons (Fsp3) is 0.588. The summed E-state index contributed by atoms with van der Waals surface area (Å²) in [6.45, 7) is 0.833. The number of carbonyl (C=O) groups is 1. The second-order valence-corrected chi connectivity index (χ2v) is 7.03. The summed E-state index contributed by atoms with van der Waals surface area (Å²) >= 11 is 1.82. The van der Waals surface area contributed by atoms with Gasteiger partial charge in [-0.15, -0.1) is 11.8 Å². The first-order chi connectivity index (χ1) is 10.7. The number of methoxy groups -OCH3 is 2. The van der Waals surface area contributed by atoms with Crippen LogP contribution in [0.3, 0.4) is 0 Å². The first-order valence-corrected chi connectivity index (χ1v) is 8.93. The van der Waals surface area contributed by atoms with Gasteiger partial charge in [0.2, 0.25) is 5.91 Å². The monoisotopic (exact) mass is 321 g/mol. The van der Waals surface area contributed by atoms with Gasteiger partial charge in [0.15, 0.2) is 0 Å². The molecular weight excluding hydrogens is 298 g/mol. The van der Waals surface area contributed by atoms with Gasteiger partial charge in [0.1, 0.15) is 16.9 Å². The number of ether oxygens (including phenoxy) is 2. The van der Waals surface area contributed by atoms with E-state index in [0.29, 0.717) is 5.91 Å². The molecule has 2 aliphatic rings. The zero-order valence-corrected chi connectivity index (χ0v) is 14.0. The molecule has 1 aliphatic carbocycles. The molecule has 1 aromatic rings. The molecule has 4 nitrogen and oxygen atoms in total. The molecule has 1 aromatic carbocycles. The van der Waals surface area contributed by atoms with Crippen molar-refractivity contribution >= 4 is 17.7 Å². The lowest BCUT2D eigenvalue weighted by Gasteiger charge is -2.28. The van der Waals surface area contributed by atoms with Crippen molar-refractivity contribution in [2.24, 2.45) is 5.92 Å². The highest BCUT2D eigenvalue weighted by atomic mass is 32.2. The smallest absolute Gasteiger partial charge is 0.226 e. The fourth-order valence-electron chi connectivity index (χ4n) is 3.38. The third-order valence-electron chi connectivity index (χ3n) is 4.59. The first-order valence-electron chi connectivity index (χ1n) is 7.88. The Morgan fingerprint density at radius 2 is 2.00 bits per heavy atom. The lowest BCUT2D eigenvalue weighted by atomic mass is 10.1. The van der Waals surface area contributed by atoms with E-state index in [1.54, 1.807) is 14.2 Å². The molecule has 1 saturated heterocycles. The molecule has 1 amide bonds. The predicted molar refractivity (Wildman–Crippen MR) is 88.4 cm³/mol. The summed E-state index contributed by atoms with van der Waals surface area (Å²) < 4.78 is 10.8. The van der Waals surface area contributed by atoms with E-state index in [1.165, 1.54) is 12.8 Å². The van der Waals surface area contributed by atoms with Gasteiger partial charge >= 0.3 is 0 Å². The van der Waals surface area contributed by atoms with Crippen molar-refractivity contribution in [2.75, 3.05) is 26.5 Å². The molecule has 0 bridgehead atoms. The average molecular weight is 321 g/mol. The number of thioether (sulfide) groups is 1. The summed E-state index contributed by atoms with van der Waals surface area (Å²) in [5, 5.41) is 0.0638. The Balaban J connectivity index is 1.84. The van der Waals surface area contributed by atoms with Crippen LogP contribution in [0.25, 0.3) is 0 Å². The molecule has 1 unspecified atom stereocenters. The van der Waals surface area contributed by atoms with E-state index < -0.39 is 0 Å². The molecule has 0 radical (unpaired) electrons. The van der Waals surface area contributed by atoms with Crippen molar-refractivity contribution < 1.29 is 14.3 Å². The van der Waals surface area contributed by atoms with Crippen LogP contribution < -0.4 is 9.47 Å². The van der Waals surface area contributed by atoms with Crippen LogP contribution >= 0.6 is 11.8 Å². The lowest BCUT2D eigenvalue weighted by Crippen LogP contribution is -2.34. The second kappa shape index (κ2) is 6.82. The van der Waals surface area contributed by atoms with Gasteiger partial charge < -0.3 is 14.4 Å². The molecule has 1 aliphatic heterocycles. The Hall–Kier alpha value is -1.36. The minimum Gasteiger partial charge on any atom is -0.497 e. The summed E-state index contributed by atoms with van der Waals surface area (Å²) in [5.41, 5.74) is 1.07. The Bertz CT molecular complexity index is 543. The van der Waals surface area contributed by atoms with Crippen LogP contribution in [0.4, 0.5) is 0 Å². The molecule has 1 heterocycles. The summed E-state index contributed by atoms with van der Waals surface area (Å²) in [5.74, 6) is 3.11. The van der Waals surface area contributed by atoms with Gasteiger partial charge in [-0.25, -0.2) is 0 Å². The summed E-state index contributed by atoms with van der Waals surface area (Å²) in [4.78, 5) is 14.8. The Morgan fingerprint density at radius 3 is 2.68 bits per heavy atom. The average Bonchev–Trinajstić information content (AvgIpc) is 3.24. The molecule has 2 fully saturated rings. The maximum atomic E-state index is 12.8. The van der Waals surface area contributed by atoms with E-state index in [-0.39, 0.29) is 11.3 Å². The predicted octanol–water partition coefficient (Wildman–Crippen LogP) is 3.47. The summed E-state index contributed by atoms with van der Waals surface area (Å²) in [6, 6.07) is 5.86. The number of hydrogen-bond donors (Lipinski definition) is 0. The minimum absolute atomic E-state index is 0.0638. The highest BCUT2D eigenvalue weighted by Gasteiger charge is 2.36. The lowest BCUT2D eigenvalue weighted by molar-refractivity contribution is -0.135. The number of carbonyl (C=O) groups excluding carboxylic acids is 1. The summed E-state index contributed by atoms with van der Waals surface area (Å²) in [6.07, 6.45) is 4.47. The van der Waals surface area contributed by atoms with E-state index in [2.05, 4.69) is 0 Å². The fourth-order valence-corrected chi connectivity index (χ4v) is 4.67.